The van der Waals surface area contributed by atoms with Gasteiger partial charge in [-0.1, -0.05) is 35.3 Å². The van der Waals surface area contributed by atoms with Gasteiger partial charge in [-0.25, -0.2) is 14.8 Å². The monoisotopic (exact) mass is 692 g/mol. The number of aromatic nitrogens is 5. The van der Waals surface area contributed by atoms with Gasteiger partial charge in [0, 0.05) is 72.8 Å². The highest BCUT2D eigenvalue weighted by atomic mass is 35.5. The van der Waals surface area contributed by atoms with Crippen molar-refractivity contribution in [1.29, 1.82) is 0 Å². The van der Waals surface area contributed by atoms with Crippen LogP contribution >= 0.6 is 34.5 Å². The number of anilines is 2. The van der Waals surface area contributed by atoms with Gasteiger partial charge in [0.05, 0.1) is 22.1 Å². The number of amides is 2. The number of hydrogen-bond donors (Lipinski definition) is 1. The molecule has 0 radical (unpaired) electrons. The number of halogens is 2. The Morgan fingerprint density at radius 2 is 1.81 bits per heavy atom. The van der Waals surface area contributed by atoms with Crippen molar-refractivity contribution >= 4 is 68.3 Å². The smallest absolute Gasteiger partial charge is 0.410 e. The van der Waals surface area contributed by atoms with Gasteiger partial charge in [-0.05, 0) is 57.4 Å². The highest BCUT2D eigenvalue weighted by Gasteiger charge is 2.32. The second-order valence-electron chi connectivity index (χ2n) is 12.7. The molecule has 2 aliphatic heterocycles. The molecule has 0 aliphatic carbocycles. The molecule has 0 spiro atoms. The van der Waals surface area contributed by atoms with Crippen LogP contribution in [0.3, 0.4) is 0 Å². The quantitative estimate of drug-likeness (QED) is 0.206. The van der Waals surface area contributed by atoms with E-state index in [2.05, 4.69) is 24.8 Å². The number of nitrogens with zero attached hydrogens (tertiary/aromatic N) is 7. The summed E-state index contributed by atoms with van der Waals surface area (Å²) < 4.78 is 9.23. The summed E-state index contributed by atoms with van der Waals surface area (Å²) in [4.78, 5) is 39.1. The van der Waals surface area contributed by atoms with Crippen molar-refractivity contribution < 1.29 is 14.3 Å². The summed E-state index contributed by atoms with van der Waals surface area (Å²) in [6.45, 7) is 9.06. The molecule has 244 valence electrons. The predicted molar refractivity (Wildman–Crippen MR) is 185 cm³/mol. The second-order valence-corrected chi connectivity index (χ2v) is 14.4. The van der Waals surface area contributed by atoms with Crippen LogP contribution in [0.1, 0.15) is 44.6 Å². The van der Waals surface area contributed by atoms with Crippen molar-refractivity contribution in [1.82, 2.24) is 29.2 Å². The summed E-state index contributed by atoms with van der Waals surface area (Å²) in [5, 5.41) is 11.6. The van der Waals surface area contributed by atoms with Gasteiger partial charge >= 0.3 is 6.09 Å². The molecule has 0 unspecified atom stereocenters. The first-order valence-corrected chi connectivity index (χ1v) is 17.1. The van der Waals surface area contributed by atoms with Crippen molar-refractivity contribution in [2.75, 3.05) is 36.4 Å². The lowest BCUT2D eigenvalue weighted by Crippen LogP contribution is -2.50. The highest BCUT2D eigenvalue weighted by molar-refractivity contribution is 7.13. The number of aryl methyl sites for hydroxylation is 1. The molecule has 2 aromatic carbocycles. The molecule has 3 aromatic heterocycles. The lowest BCUT2D eigenvalue weighted by atomic mass is 10.0. The molecule has 7 rings (SSSR count). The van der Waals surface area contributed by atoms with Gasteiger partial charge in [-0.3, -0.25) is 14.8 Å². The van der Waals surface area contributed by atoms with E-state index in [0.29, 0.717) is 58.0 Å². The van der Waals surface area contributed by atoms with E-state index in [4.69, 9.17) is 33.0 Å². The molecule has 1 saturated heterocycles. The van der Waals surface area contributed by atoms with Crippen molar-refractivity contribution in [3.8, 4) is 11.1 Å². The third kappa shape index (κ3) is 6.29. The number of hydrogen-bond acceptors (Lipinski definition) is 8. The molecule has 2 amide bonds. The minimum atomic E-state index is -0.841. The number of rotatable bonds is 6. The molecule has 5 heterocycles. The topological polar surface area (TPSA) is 110 Å². The summed E-state index contributed by atoms with van der Waals surface area (Å²) >= 11 is 15.2. The fourth-order valence-electron chi connectivity index (χ4n) is 6.15. The minimum Gasteiger partial charge on any atom is -0.444 e. The van der Waals surface area contributed by atoms with Crippen LogP contribution in [-0.2, 0) is 22.5 Å². The highest BCUT2D eigenvalue weighted by Crippen LogP contribution is 2.40. The molecule has 1 atom stereocenters. The number of nitrogens with one attached hydrogen (secondary N) is 1. The molecular weight excluding hydrogens is 659 g/mol. The van der Waals surface area contributed by atoms with Crippen molar-refractivity contribution in [3.63, 3.8) is 0 Å². The lowest BCUT2D eigenvalue weighted by molar-refractivity contribution is -0.118. The van der Waals surface area contributed by atoms with Crippen molar-refractivity contribution in [2.24, 2.45) is 0 Å². The van der Waals surface area contributed by atoms with Crippen LogP contribution in [0.5, 0.6) is 0 Å². The summed E-state index contributed by atoms with van der Waals surface area (Å²) in [6, 6.07) is 9.11. The molecule has 1 fully saturated rings. The lowest BCUT2D eigenvalue weighted by Gasteiger charge is -2.36. The van der Waals surface area contributed by atoms with E-state index in [0.717, 1.165) is 41.9 Å². The van der Waals surface area contributed by atoms with Crippen LogP contribution in [0.15, 0.2) is 54.4 Å². The van der Waals surface area contributed by atoms with E-state index in [-0.39, 0.29) is 12.0 Å². The maximum Gasteiger partial charge on any atom is 0.410 e. The SMILES string of the molecule is CC(C)(C)OC(=O)N1CCN(c2ccc(-c3cc(Cl)c4cn([C@@H](C(=O)Nc5nccs5)c5ncn6c5CCC6)nc4c3Cl)cc2)CC1. The average Bonchev–Trinajstić information content (AvgIpc) is 3.85. The van der Waals surface area contributed by atoms with E-state index >= 15 is 0 Å². The number of piperazine rings is 1. The Morgan fingerprint density at radius 1 is 1.04 bits per heavy atom. The molecule has 11 nitrogen and oxygen atoms in total. The maximum atomic E-state index is 13.8. The van der Waals surface area contributed by atoms with E-state index in [1.165, 1.54) is 11.3 Å². The zero-order chi connectivity index (χ0) is 32.9. The first-order chi connectivity index (χ1) is 22.6. The van der Waals surface area contributed by atoms with E-state index in [9.17, 15) is 9.59 Å². The van der Waals surface area contributed by atoms with Crippen LogP contribution in [0.2, 0.25) is 10.0 Å². The van der Waals surface area contributed by atoms with Crippen LogP contribution in [0.25, 0.3) is 22.0 Å². The number of ether oxygens (including phenoxy) is 1. The summed E-state index contributed by atoms with van der Waals surface area (Å²) in [7, 11) is 0. The second kappa shape index (κ2) is 12.5. The van der Waals surface area contributed by atoms with Crippen molar-refractivity contribution in [3.05, 3.63) is 75.9 Å². The molecule has 5 aromatic rings. The van der Waals surface area contributed by atoms with E-state index < -0.39 is 11.6 Å². The van der Waals surface area contributed by atoms with Crippen LogP contribution in [0.4, 0.5) is 15.6 Å². The molecule has 47 heavy (non-hydrogen) atoms. The normalized spacial score (nSPS) is 15.6. The Morgan fingerprint density at radius 3 is 2.51 bits per heavy atom. The fraction of sp³-hybridized carbons (Fsp3) is 0.364. The fourth-order valence-corrected chi connectivity index (χ4v) is 7.24. The molecule has 2 aliphatic rings. The van der Waals surface area contributed by atoms with Gasteiger partial charge in [-0.2, -0.15) is 5.10 Å². The number of benzene rings is 2. The van der Waals surface area contributed by atoms with E-state index in [1.54, 1.807) is 33.7 Å². The summed E-state index contributed by atoms with van der Waals surface area (Å²) in [5.74, 6) is -0.295. The van der Waals surface area contributed by atoms with Gasteiger partial charge in [-0.15, -0.1) is 11.3 Å². The number of carbonyl (C=O) groups excluding carboxylic acids is 2. The summed E-state index contributed by atoms with van der Waals surface area (Å²) in [6.07, 6.45) is 6.74. The first kappa shape index (κ1) is 31.5. The molecular formula is C33H34Cl2N8O3S. The number of carbonyl (C=O) groups is 2. The van der Waals surface area contributed by atoms with Crippen LogP contribution in [-0.4, -0.2) is 73.0 Å². The van der Waals surface area contributed by atoms with Gasteiger partial charge in [0.15, 0.2) is 11.2 Å². The van der Waals surface area contributed by atoms with Crippen LogP contribution in [0, 0.1) is 0 Å². The molecule has 14 heteroatoms. The maximum absolute atomic E-state index is 13.8. The Labute approximate surface area is 286 Å². The third-order valence-electron chi connectivity index (χ3n) is 8.41. The first-order valence-electron chi connectivity index (χ1n) is 15.5. The van der Waals surface area contributed by atoms with Gasteiger partial charge in [0.25, 0.3) is 5.91 Å². The zero-order valence-corrected chi connectivity index (χ0v) is 28.6. The Balaban J connectivity index is 1.15. The Kier molecular flexibility index (Phi) is 8.35. The van der Waals surface area contributed by atoms with E-state index in [1.807, 2.05) is 51.1 Å². The largest absolute Gasteiger partial charge is 0.444 e. The van der Waals surface area contributed by atoms with Gasteiger partial charge in [0.2, 0.25) is 0 Å². The molecule has 0 saturated carbocycles. The molecule has 1 N–H and O–H groups in total. The summed E-state index contributed by atoms with van der Waals surface area (Å²) in [5.41, 5.74) is 4.32. The third-order valence-corrected chi connectivity index (χ3v) is 9.79. The zero-order valence-electron chi connectivity index (χ0n) is 26.2. The molecule has 0 bridgehead atoms. The Bertz CT molecular complexity index is 1940. The van der Waals surface area contributed by atoms with Gasteiger partial charge in [0.1, 0.15) is 11.1 Å². The number of thiazole rings is 1. The average molecular weight is 694 g/mol. The van der Waals surface area contributed by atoms with Crippen LogP contribution < -0.4 is 10.2 Å². The van der Waals surface area contributed by atoms with Crippen molar-refractivity contribution in [2.45, 2.75) is 51.8 Å². The van der Waals surface area contributed by atoms with Gasteiger partial charge < -0.3 is 19.1 Å². The number of imidazole rings is 1. The standard InChI is InChI=1S/C33H34Cl2N8O3S/c1-33(2,3)46-32(45)41-14-12-40(13-15-41)21-8-6-20(7-9-21)22-17-24(34)23-18-43(39-27(23)26(22)35)29(30(44)38-31-36-10-16-47-31)28-25-5-4-11-42(25)19-37-28/h6-10,16-19,29H,4-5,11-15H2,1-3H3,(H,36,38,44)/t29-/m1/s1. The Hall–Kier alpha value is -4.13. The predicted octanol–water partition coefficient (Wildman–Crippen LogP) is 6.89. The number of fused-ring (bicyclic) bond motifs is 2. The minimum absolute atomic E-state index is 0.280.